The zero-order chi connectivity index (χ0) is 40.3. The lowest BCUT2D eigenvalue weighted by Crippen LogP contribution is -2.61. The zero-order valence-corrected chi connectivity index (χ0v) is 32.8. The molecule has 2 atom stereocenters. The number of aromatic nitrogens is 4. The number of anilines is 2. The number of aliphatic hydroxyl groups excluding tert-OH is 1. The van der Waals surface area contributed by atoms with Crippen LogP contribution in [-0.4, -0.2) is 85.5 Å². The van der Waals surface area contributed by atoms with Gasteiger partial charge in [-0.05, 0) is 67.5 Å². The van der Waals surface area contributed by atoms with E-state index in [1.54, 1.807) is 24.1 Å². The Labute approximate surface area is 331 Å². The number of halogens is 3. The minimum Gasteiger partial charge on any atom is -0.481 e. The number of hydrogen-bond acceptors (Lipinski definition) is 9. The lowest BCUT2D eigenvalue weighted by atomic mass is 9.92. The molecule has 8 rings (SSSR count). The van der Waals surface area contributed by atoms with Crippen LogP contribution in [0.15, 0.2) is 58.1 Å². The van der Waals surface area contributed by atoms with E-state index in [4.69, 9.17) is 21.3 Å². The van der Waals surface area contributed by atoms with Crippen molar-refractivity contribution in [2.75, 3.05) is 45.2 Å². The number of β-amino-alcohol motifs (C(OH)–C–C–N with tert-alkyl or cyclic N) is 1. The first kappa shape index (κ1) is 38.5. The van der Waals surface area contributed by atoms with Gasteiger partial charge in [-0.1, -0.05) is 41.9 Å². The summed E-state index contributed by atoms with van der Waals surface area (Å²) in [6, 6.07) is 14.3. The smallest absolute Gasteiger partial charge is 0.330 e. The molecule has 3 aliphatic rings. The van der Waals surface area contributed by atoms with Crippen molar-refractivity contribution in [2.45, 2.75) is 50.6 Å². The number of carbonyl (C=O) groups is 1. The molecule has 2 unspecified atom stereocenters. The van der Waals surface area contributed by atoms with Gasteiger partial charge in [0.1, 0.15) is 16.9 Å². The summed E-state index contributed by atoms with van der Waals surface area (Å²) in [5, 5.41) is 16.2. The van der Waals surface area contributed by atoms with Crippen molar-refractivity contribution in [2.24, 2.45) is 14.1 Å². The van der Waals surface area contributed by atoms with Crippen molar-refractivity contribution in [1.29, 1.82) is 0 Å². The number of carbonyl (C=O) groups excluding carboxylic acids is 1. The van der Waals surface area contributed by atoms with E-state index in [2.05, 4.69) is 26.6 Å². The summed E-state index contributed by atoms with van der Waals surface area (Å²) < 4.78 is 36.1. The second-order valence-corrected chi connectivity index (χ2v) is 15.5. The van der Waals surface area contributed by atoms with Gasteiger partial charge in [-0.15, -0.1) is 0 Å². The molecule has 2 amide bonds. The van der Waals surface area contributed by atoms with Crippen LogP contribution >= 0.6 is 11.6 Å². The summed E-state index contributed by atoms with van der Waals surface area (Å²) in [5.74, 6) is 0.440. The number of likely N-dealkylation sites (tertiary alicyclic amines) is 1. The number of urea groups is 1. The number of aryl methyl sites for hydroxylation is 2. The molecule has 2 aliphatic heterocycles. The number of fused-ring (bicyclic) bond motifs is 2. The molecule has 2 saturated heterocycles. The molecule has 5 aromatic rings. The Morgan fingerprint density at radius 3 is 2.51 bits per heavy atom. The molecule has 3 aromatic heterocycles. The number of nitrogens with one attached hydrogen (secondary N) is 2. The maximum absolute atomic E-state index is 14.0. The van der Waals surface area contributed by atoms with Crippen LogP contribution in [0.5, 0.6) is 5.88 Å². The minimum absolute atomic E-state index is 0.00304. The van der Waals surface area contributed by atoms with Crippen LogP contribution in [0.2, 0.25) is 5.02 Å². The summed E-state index contributed by atoms with van der Waals surface area (Å²) in [4.78, 5) is 52.0. The number of nitrogens with zero attached hydrogens (tertiary/aromatic N) is 6. The highest BCUT2D eigenvalue weighted by Crippen LogP contribution is 2.47. The van der Waals surface area contributed by atoms with Crippen LogP contribution in [0, 0.1) is 6.92 Å². The van der Waals surface area contributed by atoms with Gasteiger partial charge in [-0.2, -0.15) is 0 Å². The Balaban J connectivity index is 1.11. The Morgan fingerprint density at radius 2 is 1.77 bits per heavy atom. The summed E-state index contributed by atoms with van der Waals surface area (Å²) in [6.07, 6.45) is 0.431. The lowest BCUT2D eigenvalue weighted by molar-refractivity contribution is 0.127. The number of alkyl halides is 2. The number of amides is 2. The number of hydrogen-bond donors (Lipinski definition) is 3. The van der Waals surface area contributed by atoms with Crippen LogP contribution in [-0.2, 0) is 20.5 Å². The van der Waals surface area contributed by atoms with Crippen LogP contribution in [0.4, 0.5) is 25.1 Å². The van der Waals surface area contributed by atoms with E-state index in [9.17, 15) is 28.3 Å². The van der Waals surface area contributed by atoms with Gasteiger partial charge in [0.25, 0.3) is 12.0 Å². The fourth-order valence-corrected chi connectivity index (χ4v) is 9.13. The fraction of sp³-hybridized carbons (Fsp3) is 0.390. The molecule has 0 bridgehead atoms. The van der Waals surface area contributed by atoms with Gasteiger partial charge in [-0.25, -0.2) is 28.3 Å². The van der Waals surface area contributed by atoms with Crippen LogP contribution in [0.3, 0.4) is 0 Å². The molecule has 298 valence electrons. The predicted molar refractivity (Wildman–Crippen MR) is 214 cm³/mol. The molecule has 57 heavy (non-hydrogen) atoms. The first-order valence-electron chi connectivity index (χ1n) is 18.9. The van der Waals surface area contributed by atoms with Gasteiger partial charge in [0.05, 0.1) is 35.5 Å². The first-order valence-corrected chi connectivity index (χ1v) is 19.3. The fourth-order valence-electron chi connectivity index (χ4n) is 8.81. The molecule has 5 heterocycles. The van der Waals surface area contributed by atoms with E-state index in [0.29, 0.717) is 46.5 Å². The highest BCUT2D eigenvalue weighted by molar-refractivity contribution is 6.36. The van der Waals surface area contributed by atoms with Crippen LogP contribution < -0.4 is 26.6 Å². The van der Waals surface area contributed by atoms with Gasteiger partial charge < -0.3 is 25.4 Å². The summed E-state index contributed by atoms with van der Waals surface area (Å²) >= 11 is 7.24. The Morgan fingerprint density at radius 1 is 1.04 bits per heavy atom. The first-order chi connectivity index (χ1) is 27.3. The molecule has 1 spiro atoms. The van der Waals surface area contributed by atoms with Crippen LogP contribution in [0.25, 0.3) is 33.3 Å². The standard InChI is InChI=1S/C41H43ClF2N8O5/c1-22-24(7-6-10-27(22)45-36-33-31(20-29(46-36)35(43)44)49(2)40(56)50(3)38(33)54)25-8-5-9-26(34(25)42)28-19-23-11-12-30(32(23)37(47-28)57-4)52-16-14-41(21-52)13-15-51(17-18-53)39(55)48-41/h5-10,19-20,30,35,53H,11-18,21H2,1-4H3,(H,45,46)(H,48,55). The second-order valence-electron chi connectivity index (χ2n) is 15.1. The molecule has 0 saturated carbocycles. The number of methoxy groups -OCH3 is 1. The summed E-state index contributed by atoms with van der Waals surface area (Å²) in [5.41, 5.74) is 4.09. The lowest BCUT2D eigenvalue weighted by Gasteiger charge is -2.40. The topological polar surface area (TPSA) is 147 Å². The normalized spacial score (nSPS) is 19.5. The van der Waals surface area contributed by atoms with E-state index >= 15 is 0 Å². The van der Waals surface area contributed by atoms with Gasteiger partial charge in [0.15, 0.2) is 0 Å². The zero-order valence-electron chi connectivity index (χ0n) is 32.0. The monoisotopic (exact) mass is 800 g/mol. The third kappa shape index (κ3) is 6.60. The number of aliphatic hydroxyl groups is 1. The highest BCUT2D eigenvalue weighted by atomic mass is 35.5. The number of rotatable bonds is 9. The minimum atomic E-state index is -2.94. The Hall–Kier alpha value is -5.38. The highest BCUT2D eigenvalue weighted by Gasteiger charge is 2.46. The summed E-state index contributed by atoms with van der Waals surface area (Å²) in [7, 11) is 4.37. The van der Waals surface area contributed by atoms with Gasteiger partial charge >= 0.3 is 11.7 Å². The molecule has 3 N–H and O–H groups in total. The molecule has 2 aromatic carbocycles. The maximum Gasteiger partial charge on any atom is 0.330 e. The average molecular weight is 801 g/mol. The van der Waals surface area contributed by atoms with Crippen molar-refractivity contribution in [3.63, 3.8) is 0 Å². The SMILES string of the molecule is COc1nc(-c2cccc(-c3cccc(Nc4nc(C(F)F)cc5c4c(=O)n(C)c(=O)n5C)c3C)c2Cl)cc2c1C(N1CCC3(CCN(CCO)C(=O)N3)C1)CC2. The predicted octanol–water partition coefficient (Wildman–Crippen LogP) is 5.85. The van der Waals surface area contributed by atoms with Gasteiger partial charge in [0, 0.05) is 68.7 Å². The quantitative estimate of drug-likeness (QED) is 0.167. The van der Waals surface area contributed by atoms with Crippen molar-refractivity contribution in [3.8, 4) is 28.3 Å². The van der Waals surface area contributed by atoms with Crippen molar-refractivity contribution < 1.29 is 23.4 Å². The van der Waals surface area contributed by atoms with Gasteiger partial charge in [-0.3, -0.25) is 18.8 Å². The largest absolute Gasteiger partial charge is 0.481 e. The van der Waals surface area contributed by atoms with Crippen molar-refractivity contribution >= 4 is 40.0 Å². The van der Waals surface area contributed by atoms with Crippen molar-refractivity contribution in [3.05, 3.63) is 96.8 Å². The molecule has 1 aliphatic carbocycles. The van der Waals surface area contributed by atoms with E-state index < -0.39 is 23.4 Å². The second kappa shape index (κ2) is 14.8. The molecule has 0 radical (unpaired) electrons. The molecular formula is C41H43ClF2N8O5. The van der Waals surface area contributed by atoms with E-state index in [-0.39, 0.29) is 40.9 Å². The van der Waals surface area contributed by atoms with E-state index in [1.807, 2.05) is 31.2 Å². The Kier molecular flexibility index (Phi) is 10.0. The van der Waals surface area contributed by atoms with Crippen LogP contribution in [0.1, 0.15) is 54.1 Å². The van der Waals surface area contributed by atoms with Crippen molar-refractivity contribution in [1.82, 2.24) is 34.2 Å². The third-order valence-corrected chi connectivity index (χ3v) is 12.3. The number of benzene rings is 2. The third-order valence-electron chi connectivity index (χ3n) is 11.9. The van der Waals surface area contributed by atoms with E-state index in [1.165, 1.54) is 14.1 Å². The maximum atomic E-state index is 14.0. The molecule has 2 fully saturated rings. The molecule has 16 heteroatoms. The molecular weight excluding hydrogens is 758 g/mol. The summed E-state index contributed by atoms with van der Waals surface area (Å²) in [6.45, 7) is 4.29. The average Bonchev–Trinajstić information content (AvgIpc) is 3.82. The number of pyridine rings is 2. The van der Waals surface area contributed by atoms with Gasteiger partial charge in [0.2, 0.25) is 5.88 Å². The van der Waals surface area contributed by atoms with E-state index in [0.717, 1.165) is 76.2 Å². The Bertz CT molecular complexity index is 2560. The molecule has 13 nitrogen and oxygen atoms in total. The number of ether oxygens (including phenoxy) is 1.